The molecular formula is C15H24Cl2N2O2. The highest BCUT2D eigenvalue weighted by Crippen LogP contribution is 2.37. The van der Waals surface area contributed by atoms with E-state index in [1.165, 1.54) is 0 Å². The van der Waals surface area contributed by atoms with Gasteiger partial charge in [-0.1, -0.05) is 18.5 Å². The first-order valence-electron chi connectivity index (χ1n) is 7.02. The summed E-state index contributed by atoms with van der Waals surface area (Å²) in [7, 11) is 1.63. The molecule has 2 unspecified atom stereocenters. The van der Waals surface area contributed by atoms with Gasteiger partial charge in [0.05, 0.1) is 18.7 Å². The van der Waals surface area contributed by atoms with Gasteiger partial charge in [0.15, 0.2) is 11.5 Å². The molecule has 0 spiro atoms. The van der Waals surface area contributed by atoms with E-state index in [4.69, 9.17) is 26.8 Å². The molecule has 2 atom stereocenters. The second-order valence-electron chi connectivity index (χ2n) is 5.38. The number of hydrogen-bond acceptors (Lipinski definition) is 4. The van der Waals surface area contributed by atoms with Gasteiger partial charge in [-0.3, -0.25) is 4.90 Å². The molecule has 1 aromatic carbocycles. The molecule has 1 aliphatic rings. The van der Waals surface area contributed by atoms with Gasteiger partial charge in [0.1, 0.15) is 0 Å². The predicted octanol–water partition coefficient (Wildman–Crippen LogP) is 2.95. The van der Waals surface area contributed by atoms with Gasteiger partial charge >= 0.3 is 0 Å². The van der Waals surface area contributed by atoms with Crippen molar-refractivity contribution in [2.45, 2.75) is 26.4 Å². The Hall–Kier alpha value is -0.680. The van der Waals surface area contributed by atoms with Crippen molar-refractivity contribution in [1.29, 1.82) is 0 Å². The monoisotopic (exact) mass is 334 g/mol. The van der Waals surface area contributed by atoms with Crippen LogP contribution in [0.15, 0.2) is 12.1 Å². The van der Waals surface area contributed by atoms with Crippen LogP contribution in [0, 0.1) is 5.92 Å². The van der Waals surface area contributed by atoms with E-state index in [1.54, 1.807) is 7.11 Å². The van der Waals surface area contributed by atoms with E-state index in [1.807, 2.05) is 19.1 Å². The van der Waals surface area contributed by atoms with Crippen molar-refractivity contribution in [3.63, 3.8) is 0 Å². The number of likely N-dealkylation sites (tertiary alicyclic amines) is 1. The summed E-state index contributed by atoms with van der Waals surface area (Å²) in [5.74, 6) is 1.84. The Morgan fingerprint density at radius 3 is 2.62 bits per heavy atom. The Bertz CT molecular complexity index is 461. The van der Waals surface area contributed by atoms with Crippen molar-refractivity contribution in [1.82, 2.24) is 4.90 Å². The molecule has 4 nitrogen and oxygen atoms in total. The lowest BCUT2D eigenvalue weighted by Crippen LogP contribution is -2.28. The summed E-state index contributed by atoms with van der Waals surface area (Å²) in [6.45, 7) is 7.46. The standard InChI is InChI=1S/C15H23ClN2O2.ClH/c1-4-20-15-12(16)5-11(6-14(15)19-3)8-18-7-10(2)13(17)9-18;/h5-6,10,13H,4,7-9,17H2,1-3H3;1H. The van der Waals surface area contributed by atoms with Crippen LogP contribution in [0.25, 0.3) is 0 Å². The molecule has 21 heavy (non-hydrogen) atoms. The van der Waals surface area contributed by atoms with E-state index in [0.717, 1.165) is 25.2 Å². The highest BCUT2D eigenvalue weighted by molar-refractivity contribution is 6.32. The smallest absolute Gasteiger partial charge is 0.179 e. The van der Waals surface area contributed by atoms with Crippen LogP contribution in [0.4, 0.5) is 0 Å². The summed E-state index contributed by atoms with van der Waals surface area (Å²) in [5.41, 5.74) is 7.18. The molecule has 120 valence electrons. The average Bonchev–Trinajstić information content (AvgIpc) is 2.71. The maximum Gasteiger partial charge on any atom is 0.179 e. The third kappa shape index (κ3) is 4.39. The van der Waals surface area contributed by atoms with Crippen LogP contribution in [0.3, 0.4) is 0 Å². The summed E-state index contributed by atoms with van der Waals surface area (Å²) in [6, 6.07) is 4.20. The Labute approximate surface area is 137 Å². The van der Waals surface area contributed by atoms with Crippen LogP contribution in [-0.2, 0) is 6.54 Å². The summed E-state index contributed by atoms with van der Waals surface area (Å²) in [6.07, 6.45) is 0. The van der Waals surface area contributed by atoms with E-state index < -0.39 is 0 Å². The Balaban J connectivity index is 0.00000220. The third-order valence-corrected chi connectivity index (χ3v) is 4.01. The molecule has 0 aliphatic carbocycles. The van der Waals surface area contributed by atoms with Gasteiger partial charge in [0.2, 0.25) is 0 Å². The van der Waals surface area contributed by atoms with Crippen molar-refractivity contribution in [3.8, 4) is 11.5 Å². The molecule has 1 heterocycles. The van der Waals surface area contributed by atoms with Crippen molar-refractivity contribution in [2.24, 2.45) is 11.7 Å². The Kier molecular flexibility index (Phi) is 7.07. The van der Waals surface area contributed by atoms with Crippen molar-refractivity contribution in [3.05, 3.63) is 22.7 Å². The van der Waals surface area contributed by atoms with E-state index >= 15 is 0 Å². The minimum atomic E-state index is 0. The van der Waals surface area contributed by atoms with E-state index in [-0.39, 0.29) is 18.4 Å². The fourth-order valence-corrected chi connectivity index (χ4v) is 2.92. The number of nitrogens with two attached hydrogens (primary N) is 1. The molecule has 0 radical (unpaired) electrons. The van der Waals surface area contributed by atoms with Gasteiger partial charge in [0.25, 0.3) is 0 Å². The first-order valence-corrected chi connectivity index (χ1v) is 7.40. The SMILES string of the molecule is CCOc1c(Cl)cc(CN2CC(C)C(N)C2)cc1OC.Cl. The van der Waals surface area contributed by atoms with Gasteiger partial charge in [-0.05, 0) is 30.5 Å². The van der Waals surface area contributed by atoms with E-state index in [0.29, 0.717) is 29.0 Å². The maximum atomic E-state index is 6.29. The van der Waals surface area contributed by atoms with Gasteiger partial charge in [-0.2, -0.15) is 0 Å². The largest absolute Gasteiger partial charge is 0.493 e. The number of hydrogen-bond donors (Lipinski definition) is 1. The zero-order chi connectivity index (χ0) is 14.7. The van der Waals surface area contributed by atoms with Gasteiger partial charge < -0.3 is 15.2 Å². The minimum absolute atomic E-state index is 0. The van der Waals surface area contributed by atoms with E-state index in [9.17, 15) is 0 Å². The molecule has 6 heteroatoms. The molecule has 1 aromatic rings. The molecule has 2 rings (SSSR count). The molecule has 0 aromatic heterocycles. The molecule has 1 aliphatic heterocycles. The fraction of sp³-hybridized carbons (Fsp3) is 0.600. The van der Waals surface area contributed by atoms with Crippen LogP contribution < -0.4 is 15.2 Å². The fourth-order valence-electron chi connectivity index (χ4n) is 2.63. The molecule has 2 N–H and O–H groups in total. The normalized spacial score (nSPS) is 22.0. The van der Waals surface area contributed by atoms with Crippen molar-refractivity contribution in [2.75, 3.05) is 26.8 Å². The topological polar surface area (TPSA) is 47.7 Å². The molecule has 0 amide bonds. The highest BCUT2D eigenvalue weighted by atomic mass is 35.5. The first kappa shape index (κ1) is 18.4. The van der Waals surface area contributed by atoms with Crippen molar-refractivity contribution < 1.29 is 9.47 Å². The lowest BCUT2D eigenvalue weighted by atomic mass is 10.1. The Morgan fingerprint density at radius 2 is 2.10 bits per heavy atom. The molecular weight excluding hydrogens is 311 g/mol. The van der Waals surface area contributed by atoms with Gasteiger partial charge in [-0.15, -0.1) is 12.4 Å². The van der Waals surface area contributed by atoms with Crippen molar-refractivity contribution >= 4 is 24.0 Å². The second kappa shape index (κ2) is 8.08. The second-order valence-corrected chi connectivity index (χ2v) is 5.78. The maximum absolute atomic E-state index is 6.29. The van der Waals surface area contributed by atoms with Gasteiger partial charge in [-0.25, -0.2) is 0 Å². The first-order chi connectivity index (χ1) is 9.55. The summed E-state index contributed by atoms with van der Waals surface area (Å²) >= 11 is 6.29. The van der Waals surface area contributed by atoms with E-state index in [2.05, 4.69) is 11.8 Å². The quantitative estimate of drug-likeness (QED) is 0.899. The molecule has 0 saturated carbocycles. The predicted molar refractivity (Wildman–Crippen MR) is 88.8 cm³/mol. The van der Waals surface area contributed by atoms with Gasteiger partial charge in [0, 0.05) is 25.7 Å². The summed E-state index contributed by atoms with van der Waals surface area (Å²) in [5, 5.41) is 0.595. The molecule has 1 saturated heterocycles. The van der Waals surface area contributed by atoms with Crippen LogP contribution in [0.1, 0.15) is 19.4 Å². The number of halogens is 2. The Morgan fingerprint density at radius 1 is 1.38 bits per heavy atom. The number of ether oxygens (including phenoxy) is 2. The van der Waals surface area contributed by atoms with Crippen LogP contribution in [0.2, 0.25) is 5.02 Å². The summed E-state index contributed by atoms with van der Waals surface area (Å²) in [4.78, 5) is 2.35. The lowest BCUT2D eigenvalue weighted by Gasteiger charge is -2.18. The highest BCUT2D eigenvalue weighted by Gasteiger charge is 2.26. The number of nitrogens with zero attached hydrogens (tertiary/aromatic N) is 1. The molecule has 0 bridgehead atoms. The van der Waals surface area contributed by atoms with Crippen LogP contribution in [-0.4, -0.2) is 37.7 Å². The van der Waals surface area contributed by atoms with Crippen LogP contribution in [0.5, 0.6) is 11.5 Å². The lowest BCUT2D eigenvalue weighted by molar-refractivity contribution is 0.305. The zero-order valence-electron chi connectivity index (χ0n) is 12.8. The minimum Gasteiger partial charge on any atom is -0.493 e. The number of rotatable bonds is 5. The number of benzene rings is 1. The number of methoxy groups -OCH3 is 1. The average molecular weight is 335 g/mol. The third-order valence-electron chi connectivity index (χ3n) is 3.73. The summed E-state index contributed by atoms with van der Waals surface area (Å²) < 4.78 is 10.9. The molecule has 1 fully saturated rings. The zero-order valence-corrected chi connectivity index (χ0v) is 14.3. The van der Waals surface area contributed by atoms with Crippen LogP contribution >= 0.6 is 24.0 Å².